The van der Waals surface area contributed by atoms with Gasteiger partial charge in [0.1, 0.15) is 5.75 Å². The topological polar surface area (TPSA) is 30.5 Å². The Morgan fingerprint density at radius 2 is 1.89 bits per heavy atom. The van der Waals surface area contributed by atoms with Crippen molar-refractivity contribution in [3.8, 4) is 5.75 Å². The summed E-state index contributed by atoms with van der Waals surface area (Å²) < 4.78 is 11.4. The van der Waals surface area contributed by atoms with Gasteiger partial charge in [-0.2, -0.15) is 0 Å². The number of nitrogens with one attached hydrogen (secondary N) is 1. The van der Waals surface area contributed by atoms with Gasteiger partial charge in [-0.1, -0.05) is 12.1 Å². The Hall–Kier alpha value is -1.06. The number of morpholine rings is 1. The Balaban J connectivity index is 1.60. The van der Waals surface area contributed by atoms with Crippen molar-refractivity contribution in [2.45, 2.75) is 37.8 Å². The summed E-state index contributed by atoms with van der Waals surface area (Å²) in [5, 5.41) is 3.46. The maximum Gasteiger partial charge on any atom is 0.119 e. The first-order valence-electron chi connectivity index (χ1n) is 6.99. The van der Waals surface area contributed by atoms with E-state index in [4.69, 9.17) is 9.47 Å². The number of rotatable bonds is 3. The van der Waals surface area contributed by atoms with Gasteiger partial charge >= 0.3 is 0 Å². The van der Waals surface area contributed by atoms with Gasteiger partial charge in [0.05, 0.1) is 25.4 Å². The van der Waals surface area contributed by atoms with Crippen LogP contribution in [0.5, 0.6) is 5.75 Å². The number of ether oxygens (including phenoxy) is 2. The van der Waals surface area contributed by atoms with Crippen LogP contribution < -0.4 is 10.1 Å². The lowest BCUT2D eigenvalue weighted by molar-refractivity contribution is 0.0768. The summed E-state index contributed by atoms with van der Waals surface area (Å²) in [5.74, 6) is 1.00. The molecule has 2 fully saturated rings. The number of benzene rings is 1. The molecule has 0 radical (unpaired) electrons. The SMILES string of the molecule is c1cc(C2COCCN2)ccc1OC1CCCC1. The molecule has 2 aliphatic rings. The minimum Gasteiger partial charge on any atom is -0.490 e. The van der Waals surface area contributed by atoms with Crippen LogP contribution in [0.15, 0.2) is 24.3 Å². The molecule has 1 atom stereocenters. The smallest absolute Gasteiger partial charge is 0.119 e. The molecule has 18 heavy (non-hydrogen) atoms. The third-order valence-corrected chi connectivity index (χ3v) is 3.81. The van der Waals surface area contributed by atoms with Crippen LogP contribution in [-0.2, 0) is 4.74 Å². The van der Waals surface area contributed by atoms with Gasteiger partial charge in [0.2, 0.25) is 0 Å². The maximum absolute atomic E-state index is 5.97. The maximum atomic E-state index is 5.97. The first kappa shape index (κ1) is 12.0. The molecule has 1 aromatic rings. The fourth-order valence-corrected chi connectivity index (χ4v) is 2.76. The van der Waals surface area contributed by atoms with Crippen LogP contribution in [0.4, 0.5) is 0 Å². The van der Waals surface area contributed by atoms with Crippen LogP contribution in [0.3, 0.4) is 0 Å². The molecule has 3 nitrogen and oxygen atoms in total. The van der Waals surface area contributed by atoms with Crippen molar-refractivity contribution in [3.05, 3.63) is 29.8 Å². The van der Waals surface area contributed by atoms with E-state index in [0.717, 1.165) is 25.5 Å². The Labute approximate surface area is 108 Å². The average Bonchev–Trinajstić information content (AvgIpc) is 2.94. The van der Waals surface area contributed by atoms with Crippen molar-refractivity contribution in [3.63, 3.8) is 0 Å². The van der Waals surface area contributed by atoms with E-state index in [0.29, 0.717) is 12.1 Å². The molecular formula is C15H21NO2. The molecule has 1 heterocycles. The molecule has 1 aromatic carbocycles. The predicted molar refractivity (Wildman–Crippen MR) is 70.9 cm³/mol. The zero-order valence-corrected chi connectivity index (χ0v) is 10.7. The molecule has 1 saturated carbocycles. The summed E-state index contributed by atoms with van der Waals surface area (Å²) in [4.78, 5) is 0. The van der Waals surface area contributed by atoms with Gasteiger partial charge in [-0.15, -0.1) is 0 Å². The Kier molecular flexibility index (Phi) is 3.81. The largest absolute Gasteiger partial charge is 0.490 e. The van der Waals surface area contributed by atoms with Gasteiger partial charge in [-0.25, -0.2) is 0 Å². The quantitative estimate of drug-likeness (QED) is 0.890. The van der Waals surface area contributed by atoms with Crippen LogP contribution in [0.25, 0.3) is 0 Å². The molecular weight excluding hydrogens is 226 g/mol. The summed E-state index contributed by atoms with van der Waals surface area (Å²) in [7, 11) is 0. The molecule has 98 valence electrons. The normalized spacial score (nSPS) is 25.2. The zero-order valence-electron chi connectivity index (χ0n) is 10.7. The van der Waals surface area contributed by atoms with E-state index in [1.807, 2.05) is 0 Å². The highest BCUT2D eigenvalue weighted by molar-refractivity contribution is 5.29. The summed E-state index contributed by atoms with van der Waals surface area (Å²) in [6, 6.07) is 8.81. The Morgan fingerprint density at radius 3 is 2.56 bits per heavy atom. The van der Waals surface area contributed by atoms with Crippen molar-refractivity contribution < 1.29 is 9.47 Å². The summed E-state index contributed by atoms with van der Waals surface area (Å²) in [6.07, 6.45) is 5.48. The van der Waals surface area contributed by atoms with E-state index in [9.17, 15) is 0 Å². The van der Waals surface area contributed by atoms with E-state index < -0.39 is 0 Å². The zero-order chi connectivity index (χ0) is 12.2. The van der Waals surface area contributed by atoms with Gasteiger partial charge in [-0.3, -0.25) is 0 Å². The molecule has 3 rings (SSSR count). The second-order valence-corrected chi connectivity index (χ2v) is 5.17. The molecule has 0 aromatic heterocycles. The molecule has 0 spiro atoms. The Bertz CT molecular complexity index is 365. The standard InChI is InChI=1S/C15H21NO2/c1-2-4-13(3-1)18-14-7-5-12(6-8-14)15-11-17-10-9-16-15/h5-8,13,15-16H,1-4,9-11H2. The van der Waals surface area contributed by atoms with Gasteiger partial charge in [0.25, 0.3) is 0 Å². The van der Waals surface area contributed by atoms with E-state index >= 15 is 0 Å². The number of hydrogen-bond donors (Lipinski definition) is 1. The molecule has 0 amide bonds. The molecule has 1 N–H and O–H groups in total. The van der Waals surface area contributed by atoms with E-state index in [1.165, 1.54) is 31.2 Å². The second kappa shape index (κ2) is 5.72. The molecule has 3 heteroatoms. The van der Waals surface area contributed by atoms with Crippen molar-refractivity contribution >= 4 is 0 Å². The van der Waals surface area contributed by atoms with E-state index in [-0.39, 0.29) is 0 Å². The van der Waals surface area contributed by atoms with Crippen LogP contribution in [0.1, 0.15) is 37.3 Å². The lowest BCUT2D eigenvalue weighted by Gasteiger charge is -2.24. The van der Waals surface area contributed by atoms with Crippen molar-refractivity contribution in [1.29, 1.82) is 0 Å². The molecule has 1 aliphatic heterocycles. The molecule has 0 bridgehead atoms. The number of hydrogen-bond acceptors (Lipinski definition) is 3. The highest BCUT2D eigenvalue weighted by atomic mass is 16.5. The third-order valence-electron chi connectivity index (χ3n) is 3.81. The molecule has 1 saturated heterocycles. The first-order chi connectivity index (χ1) is 8.92. The predicted octanol–water partition coefficient (Wildman–Crippen LogP) is 2.67. The monoisotopic (exact) mass is 247 g/mol. The minimum atomic E-state index is 0.333. The first-order valence-corrected chi connectivity index (χ1v) is 6.99. The fraction of sp³-hybridized carbons (Fsp3) is 0.600. The molecule has 1 unspecified atom stereocenters. The van der Waals surface area contributed by atoms with Gasteiger partial charge in [0, 0.05) is 6.54 Å². The third kappa shape index (κ3) is 2.85. The summed E-state index contributed by atoms with van der Waals surface area (Å²) in [6.45, 7) is 2.52. The highest BCUT2D eigenvalue weighted by Crippen LogP contribution is 2.25. The van der Waals surface area contributed by atoms with E-state index in [2.05, 4.69) is 29.6 Å². The van der Waals surface area contributed by atoms with Crippen LogP contribution in [0, 0.1) is 0 Å². The minimum absolute atomic E-state index is 0.333. The lowest BCUT2D eigenvalue weighted by Crippen LogP contribution is -2.34. The van der Waals surface area contributed by atoms with Crippen molar-refractivity contribution in [2.24, 2.45) is 0 Å². The second-order valence-electron chi connectivity index (χ2n) is 5.17. The van der Waals surface area contributed by atoms with Gasteiger partial charge in [0.15, 0.2) is 0 Å². The van der Waals surface area contributed by atoms with Gasteiger partial charge < -0.3 is 14.8 Å². The highest BCUT2D eigenvalue weighted by Gasteiger charge is 2.17. The van der Waals surface area contributed by atoms with Crippen molar-refractivity contribution in [2.75, 3.05) is 19.8 Å². The Morgan fingerprint density at radius 1 is 1.11 bits per heavy atom. The van der Waals surface area contributed by atoms with Crippen LogP contribution in [-0.4, -0.2) is 25.9 Å². The van der Waals surface area contributed by atoms with Crippen LogP contribution in [0.2, 0.25) is 0 Å². The van der Waals surface area contributed by atoms with Crippen LogP contribution >= 0.6 is 0 Å². The van der Waals surface area contributed by atoms with E-state index in [1.54, 1.807) is 0 Å². The fourth-order valence-electron chi connectivity index (χ4n) is 2.76. The summed E-state index contributed by atoms with van der Waals surface area (Å²) >= 11 is 0. The lowest BCUT2D eigenvalue weighted by atomic mass is 10.1. The summed E-state index contributed by atoms with van der Waals surface area (Å²) in [5.41, 5.74) is 1.29. The average molecular weight is 247 g/mol. The van der Waals surface area contributed by atoms with Crippen molar-refractivity contribution in [1.82, 2.24) is 5.32 Å². The van der Waals surface area contributed by atoms with Gasteiger partial charge in [-0.05, 0) is 43.4 Å². The molecule has 1 aliphatic carbocycles.